The van der Waals surface area contributed by atoms with E-state index < -0.39 is 11.8 Å². The number of halogens is 1. The van der Waals surface area contributed by atoms with Gasteiger partial charge in [-0.1, -0.05) is 39.0 Å². The van der Waals surface area contributed by atoms with Gasteiger partial charge in [0.05, 0.1) is 11.6 Å². The number of amides is 2. The average molecular weight is 435 g/mol. The van der Waals surface area contributed by atoms with E-state index in [1.165, 1.54) is 7.11 Å². The number of hydrogen-bond acceptors (Lipinski definition) is 4. The molecule has 0 unspecified atom stereocenters. The molecule has 0 aliphatic carbocycles. The van der Waals surface area contributed by atoms with Crippen molar-refractivity contribution in [3.05, 3.63) is 58.1 Å². The first-order chi connectivity index (χ1) is 12.7. The second-order valence-corrected chi connectivity index (χ2v) is 7.74. The minimum Gasteiger partial charge on any atom is -0.496 e. The van der Waals surface area contributed by atoms with E-state index in [1.54, 1.807) is 18.2 Å². The van der Waals surface area contributed by atoms with Crippen LogP contribution in [-0.4, -0.2) is 25.5 Å². The van der Waals surface area contributed by atoms with E-state index >= 15 is 0 Å². The molecular weight excluding hydrogens is 412 g/mol. The minimum absolute atomic E-state index is 0.108. The second-order valence-electron chi connectivity index (χ2n) is 6.89. The first-order valence-electron chi connectivity index (χ1n) is 8.37. The molecule has 2 aromatic carbocycles. The van der Waals surface area contributed by atoms with Gasteiger partial charge in [-0.2, -0.15) is 0 Å². The Morgan fingerprint density at radius 3 is 2.37 bits per heavy atom. The highest BCUT2D eigenvalue weighted by atomic mass is 79.9. The zero-order valence-corrected chi connectivity index (χ0v) is 17.3. The highest BCUT2D eigenvalue weighted by molar-refractivity contribution is 9.10. The van der Waals surface area contributed by atoms with Crippen LogP contribution in [0.3, 0.4) is 0 Å². The molecule has 2 amide bonds. The number of methoxy groups -OCH3 is 1. The third-order valence-corrected chi connectivity index (χ3v) is 4.40. The van der Waals surface area contributed by atoms with Crippen molar-refractivity contribution in [3.63, 3.8) is 0 Å². The Morgan fingerprint density at radius 2 is 1.74 bits per heavy atom. The lowest BCUT2D eigenvalue weighted by molar-refractivity contribution is -0.123. The maximum Gasteiger partial charge on any atom is 0.276 e. The summed E-state index contributed by atoms with van der Waals surface area (Å²) in [5, 5.41) is 0. The van der Waals surface area contributed by atoms with Crippen molar-refractivity contribution in [3.8, 4) is 11.5 Å². The molecule has 0 aliphatic rings. The van der Waals surface area contributed by atoms with Gasteiger partial charge in [-0.15, -0.1) is 0 Å². The lowest BCUT2D eigenvalue weighted by atomic mass is 9.86. The van der Waals surface area contributed by atoms with E-state index in [-0.39, 0.29) is 12.0 Å². The molecule has 0 radical (unpaired) electrons. The van der Waals surface area contributed by atoms with Crippen LogP contribution in [0.1, 0.15) is 36.7 Å². The molecular formula is C20H23BrN2O4. The van der Waals surface area contributed by atoms with Crippen molar-refractivity contribution in [2.45, 2.75) is 26.2 Å². The molecule has 2 N–H and O–H groups in total. The Hall–Kier alpha value is -2.54. The van der Waals surface area contributed by atoms with Crippen molar-refractivity contribution in [1.82, 2.24) is 10.9 Å². The molecule has 6 nitrogen and oxygen atoms in total. The van der Waals surface area contributed by atoms with Gasteiger partial charge in [0.2, 0.25) is 0 Å². The molecule has 0 spiro atoms. The molecule has 0 saturated heterocycles. The van der Waals surface area contributed by atoms with Crippen LogP contribution in [-0.2, 0) is 10.2 Å². The van der Waals surface area contributed by atoms with Gasteiger partial charge in [0.25, 0.3) is 11.8 Å². The molecule has 0 fully saturated rings. The molecule has 0 atom stereocenters. The fourth-order valence-corrected chi connectivity index (χ4v) is 2.94. The topological polar surface area (TPSA) is 76.7 Å². The van der Waals surface area contributed by atoms with Crippen LogP contribution in [0.25, 0.3) is 0 Å². The van der Waals surface area contributed by atoms with Crippen LogP contribution in [0, 0.1) is 0 Å². The van der Waals surface area contributed by atoms with Crippen LogP contribution < -0.4 is 20.3 Å². The Balaban J connectivity index is 1.90. The summed E-state index contributed by atoms with van der Waals surface area (Å²) in [6.07, 6.45) is 0. The number of hydrazine groups is 1. The van der Waals surface area contributed by atoms with Gasteiger partial charge < -0.3 is 9.47 Å². The predicted octanol–water partition coefficient (Wildman–Crippen LogP) is 3.60. The summed E-state index contributed by atoms with van der Waals surface area (Å²) in [4.78, 5) is 24.1. The summed E-state index contributed by atoms with van der Waals surface area (Å²) in [5.74, 6) is 0.355. The zero-order valence-electron chi connectivity index (χ0n) is 15.8. The van der Waals surface area contributed by atoms with E-state index in [0.29, 0.717) is 21.5 Å². The Bertz CT molecular complexity index is 831. The lowest BCUT2D eigenvalue weighted by Crippen LogP contribution is -2.43. The van der Waals surface area contributed by atoms with Gasteiger partial charge in [0.15, 0.2) is 6.61 Å². The lowest BCUT2D eigenvalue weighted by Gasteiger charge is -2.22. The van der Waals surface area contributed by atoms with Crippen molar-refractivity contribution >= 4 is 27.7 Å². The largest absolute Gasteiger partial charge is 0.496 e. The van der Waals surface area contributed by atoms with Crippen LogP contribution in [0.15, 0.2) is 46.9 Å². The molecule has 144 valence electrons. The van der Waals surface area contributed by atoms with E-state index in [1.807, 2.05) is 24.3 Å². The van der Waals surface area contributed by atoms with Crippen LogP contribution in [0.2, 0.25) is 0 Å². The van der Waals surface area contributed by atoms with Gasteiger partial charge >= 0.3 is 0 Å². The maximum absolute atomic E-state index is 12.1. The predicted molar refractivity (Wildman–Crippen MR) is 107 cm³/mol. The maximum atomic E-state index is 12.1. The Kier molecular flexibility index (Phi) is 6.85. The molecule has 0 heterocycles. The Morgan fingerprint density at radius 1 is 1.04 bits per heavy atom. The third kappa shape index (κ3) is 5.72. The molecule has 2 aromatic rings. The van der Waals surface area contributed by atoms with E-state index in [2.05, 4.69) is 47.6 Å². The number of rotatable bonds is 5. The number of ether oxygens (including phenoxy) is 2. The summed E-state index contributed by atoms with van der Waals surface area (Å²) >= 11 is 3.32. The summed E-state index contributed by atoms with van der Waals surface area (Å²) in [6.45, 7) is 6.01. The Labute approximate surface area is 167 Å². The molecule has 0 saturated carbocycles. The highest BCUT2D eigenvalue weighted by Gasteiger charge is 2.19. The molecule has 0 aromatic heterocycles. The van der Waals surface area contributed by atoms with Gasteiger partial charge in [-0.25, -0.2) is 0 Å². The fourth-order valence-electron chi connectivity index (χ4n) is 2.40. The van der Waals surface area contributed by atoms with Crippen molar-refractivity contribution < 1.29 is 19.1 Å². The number of benzene rings is 2. The first kappa shape index (κ1) is 20.8. The quantitative estimate of drug-likeness (QED) is 0.704. The number of carbonyl (C=O) groups excluding carboxylic acids is 2. The van der Waals surface area contributed by atoms with Gasteiger partial charge in [0.1, 0.15) is 11.5 Å². The standard InChI is InChI=1S/C20H23BrN2O4/c1-20(2,3)14-7-5-6-8-16(14)27-12-18(24)22-23-19(25)13-9-10-17(26-4)15(21)11-13/h5-11H,12H2,1-4H3,(H,22,24)(H,23,25). The molecule has 27 heavy (non-hydrogen) atoms. The van der Waals surface area contributed by atoms with Gasteiger partial charge in [-0.05, 0) is 51.2 Å². The van der Waals surface area contributed by atoms with Crippen LogP contribution in [0.4, 0.5) is 0 Å². The van der Waals surface area contributed by atoms with Crippen LogP contribution >= 0.6 is 15.9 Å². The number of para-hydroxylation sites is 1. The highest BCUT2D eigenvalue weighted by Crippen LogP contribution is 2.30. The van der Waals surface area contributed by atoms with E-state index in [9.17, 15) is 9.59 Å². The van der Waals surface area contributed by atoms with Crippen molar-refractivity contribution in [2.75, 3.05) is 13.7 Å². The van der Waals surface area contributed by atoms with Gasteiger partial charge in [-0.3, -0.25) is 20.4 Å². The molecule has 7 heteroatoms. The first-order valence-corrected chi connectivity index (χ1v) is 9.16. The van der Waals surface area contributed by atoms with Crippen molar-refractivity contribution in [2.24, 2.45) is 0 Å². The molecule has 0 bridgehead atoms. The summed E-state index contributed by atoms with van der Waals surface area (Å²) in [5.41, 5.74) is 5.99. The number of hydrogen-bond donors (Lipinski definition) is 2. The number of nitrogens with one attached hydrogen (secondary N) is 2. The third-order valence-electron chi connectivity index (χ3n) is 3.78. The molecule has 2 rings (SSSR count). The fraction of sp³-hybridized carbons (Fsp3) is 0.300. The SMILES string of the molecule is COc1ccc(C(=O)NNC(=O)COc2ccccc2C(C)(C)C)cc1Br. The van der Waals surface area contributed by atoms with E-state index in [0.717, 1.165) is 5.56 Å². The van der Waals surface area contributed by atoms with E-state index in [4.69, 9.17) is 9.47 Å². The number of carbonyl (C=O) groups is 2. The summed E-state index contributed by atoms with van der Waals surface area (Å²) in [7, 11) is 1.54. The summed E-state index contributed by atoms with van der Waals surface area (Å²) in [6, 6.07) is 12.4. The average Bonchev–Trinajstić information content (AvgIpc) is 2.63. The zero-order chi connectivity index (χ0) is 20.0. The minimum atomic E-state index is -0.459. The molecule has 0 aliphatic heterocycles. The normalized spacial score (nSPS) is 10.9. The van der Waals surface area contributed by atoms with Crippen molar-refractivity contribution in [1.29, 1.82) is 0 Å². The van der Waals surface area contributed by atoms with Crippen LogP contribution in [0.5, 0.6) is 11.5 Å². The summed E-state index contributed by atoms with van der Waals surface area (Å²) < 4.78 is 11.4. The van der Waals surface area contributed by atoms with Gasteiger partial charge in [0, 0.05) is 5.56 Å². The second kappa shape index (κ2) is 8.90. The monoisotopic (exact) mass is 434 g/mol. The smallest absolute Gasteiger partial charge is 0.276 e.